The van der Waals surface area contributed by atoms with Crippen molar-refractivity contribution in [3.8, 4) is 5.75 Å². The van der Waals surface area contributed by atoms with E-state index in [4.69, 9.17) is 4.74 Å². The van der Waals surface area contributed by atoms with Crippen LogP contribution in [0.15, 0.2) is 149 Å². The Balaban J connectivity index is 1.36. The Hall–Kier alpha value is -5.12. The number of thioether (sulfide) groups is 1. The van der Waals surface area contributed by atoms with Gasteiger partial charge in [-0.25, -0.2) is 0 Å². The normalized spacial score (nSPS) is 11.7. The summed E-state index contributed by atoms with van der Waals surface area (Å²) < 4.78 is 6.35. The third-order valence-corrected chi connectivity index (χ3v) is 8.55. The zero-order valence-corrected chi connectivity index (χ0v) is 27.9. The molecule has 47 heavy (non-hydrogen) atoms. The molecule has 0 aromatic heterocycles. The Morgan fingerprint density at radius 1 is 0.766 bits per heavy atom. The van der Waals surface area contributed by atoms with Crippen molar-refractivity contribution in [3.63, 3.8) is 0 Å². The predicted octanol–water partition coefficient (Wildman–Crippen LogP) is 8.73. The Labute approximate surface area is 286 Å². The van der Waals surface area contributed by atoms with E-state index in [9.17, 15) is 14.4 Å². The van der Waals surface area contributed by atoms with Gasteiger partial charge in [0, 0.05) is 26.3 Å². The minimum absolute atomic E-state index is 0.0758. The van der Waals surface area contributed by atoms with Gasteiger partial charge in [0.05, 0.1) is 6.61 Å². The number of carbonyl (C=O) groups excluding carboxylic acids is 3. The number of halogens is 1. The zero-order valence-electron chi connectivity index (χ0n) is 25.5. The highest BCUT2D eigenvalue weighted by Gasteiger charge is 2.23. The molecule has 0 saturated carbocycles. The number of rotatable bonds is 12. The monoisotopic (exact) mass is 705 g/mol. The molecule has 0 heterocycles. The molecule has 3 N–H and O–H groups in total. The highest BCUT2D eigenvalue weighted by molar-refractivity contribution is 9.10. The smallest absolute Gasteiger partial charge is 0.272 e. The summed E-state index contributed by atoms with van der Waals surface area (Å²) in [7, 11) is 0. The van der Waals surface area contributed by atoms with Crippen LogP contribution in [0.1, 0.15) is 33.7 Å². The second-order valence-corrected chi connectivity index (χ2v) is 12.4. The van der Waals surface area contributed by atoms with Crippen molar-refractivity contribution in [2.45, 2.75) is 17.1 Å². The molecule has 0 bridgehead atoms. The summed E-state index contributed by atoms with van der Waals surface area (Å²) in [5.41, 5.74) is 3.22. The number of ether oxygens (including phenoxy) is 1. The van der Waals surface area contributed by atoms with Crippen LogP contribution < -0.4 is 20.7 Å². The van der Waals surface area contributed by atoms with Crippen molar-refractivity contribution in [1.82, 2.24) is 5.32 Å². The molecular weight excluding hydrogens is 674 g/mol. The average Bonchev–Trinajstić information content (AvgIpc) is 3.09. The molecule has 0 spiro atoms. The first-order valence-corrected chi connectivity index (χ1v) is 16.6. The van der Waals surface area contributed by atoms with Gasteiger partial charge >= 0.3 is 0 Å². The van der Waals surface area contributed by atoms with Crippen LogP contribution in [0.4, 0.5) is 11.4 Å². The predicted molar refractivity (Wildman–Crippen MR) is 192 cm³/mol. The maximum absolute atomic E-state index is 13.6. The van der Waals surface area contributed by atoms with Gasteiger partial charge in [0.25, 0.3) is 11.8 Å². The number of nitrogens with one attached hydrogen (secondary N) is 3. The van der Waals surface area contributed by atoms with Gasteiger partial charge in [-0.15, -0.1) is 11.8 Å². The summed E-state index contributed by atoms with van der Waals surface area (Å²) in [5.74, 6) is -0.366. The van der Waals surface area contributed by atoms with Gasteiger partial charge in [0.1, 0.15) is 16.7 Å². The molecule has 1 atom stereocenters. The van der Waals surface area contributed by atoms with E-state index in [-0.39, 0.29) is 11.6 Å². The van der Waals surface area contributed by atoms with E-state index in [1.807, 2.05) is 104 Å². The van der Waals surface area contributed by atoms with Gasteiger partial charge < -0.3 is 20.7 Å². The third kappa shape index (κ3) is 9.68. The molecule has 0 radical (unpaired) electrons. The fraction of sp³-hybridized carbons (Fsp3) is 0.0789. The molecule has 1 unspecified atom stereocenters. The fourth-order valence-corrected chi connectivity index (χ4v) is 6.10. The summed E-state index contributed by atoms with van der Waals surface area (Å²) in [6.45, 7) is 2.48. The molecule has 0 aliphatic heterocycles. The lowest BCUT2D eigenvalue weighted by Crippen LogP contribution is -2.30. The third-order valence-electron chi connectivity index (χ3n) is 6.81. The number of hydrogen-bond acceptors (Lipinski definition) is 5. The molecule has 5 rings (SSSR count). The van der Waals surface area contributed by atoms with Crippen molar-refractivity contribution >= 4 is 62.9 Å². The topological polar surface area (TPSA) is 96.5 Å². The molecule has 0 aliphatic carbocycles. The van der Waals surface area contributed by atoms with E-state index < -0.39 is 17.1 Å². The molecule has 0 fully saturated rings. The highest BCUT2D eigenvalue weighted by Crippen LogP contribution is 2.37. The molecule has 0 saturated heterocycles. The van der Waals surface area contributed by atoms with Crippen molar-refractivity contribution in [1.29, 1.82) is 0 Å². The van der Waals surface area contributed by atoms with E-state index in [2.05, 4.69) is 31.9 Å². The molecule has 7 nitrogen and oxygen atoms in total. The molecule has 0 aliphatic rings. The number of benzene rings is 5. The minimum atomic E-state index is -0.578. The molecular formula is C38H32BrN3O4S. The highest BCUT2D eigenvalue weighted by atomic mass is 79.9. The van der Waals surface area contributed by atoms with Gasteiger partial charge in [0.2, 0.25) is 5.91 Å². The second kappa shape index (κ2) is 16.4. The summed E-state index contributed by atoms with van der Waals surface area (Å²) in [5, 5.41) is 8.12. The lowest BCUT2D eigenvalue weighted by atomic mass is 10.1. The number of carbonyl (C=O) groups is 3. The Kier molecular flexibility index (Phi) is 11.6. The first kappa shape index (κ1) is 33.2. The van der Waals surface area contributed by atoms with Crippen molar-refractivity contribution in [3.05, 3.63) is 160 Å². The van der Waals surface area contributed by atoms with Gasteiger partial charge in [-0.2, -0.15) is 0 Å². The summed E-state index contributed by atoms with van der Waals surface area (Å²) in [6.07, 6.45) is 1.62. The van der Waals surface area contributed by atoms with Gasteiger partial charge in [-0.05, 0) is 90.9 Å². The van der Waals surface area contributed by atoms with E-state index in [1.165, 1.54) is 11.8 Å². The fourth-order valence-electron chi connectivity index (χ4n) is 4.60. The first-order chi connectivity index (χ1) is 22.9. The standard InChI is InChI=1S/C38H32BrN3O4S/c1-2-46-32-21-19-30(20-22-32)40-38(45)35(27-12-5-3-6-13-27)47-33-18-10-17-31(25-33)41-37(44)34(24-26-11-9-16-29(39)23-26)42-36(43)28-14-7-4-8-15-28/h3-25,35H,2H2,1H3,(H,40,45)(H,41,44)(H,42,43)/b34-24+. The van der Waals surface area contributed by atoms with E-state index in [1.54, 1.807) is 42.5 Å². The van der Waals surface area contributed by atoms with Crippen molar-refractivity contribution in [2.75, 3.05) is 17.2 Å². The SMILES string of the molecule is CCOc1ccc(NC(=O)C(Sc2cccc(NC(=O)/C(=C\c3cccc(Br)c3)NC(=O)c3ccccc3)c2)c2ccccc2)cc1. The summed E-state index contributed by atoms with van der Waals surface area (Å²) >= 11 is 4.82. The molecule has 5 aromatic rings. The van der Waals surface area contributed by atoms with E-state index in [0.717, 1.165) is 26.2 Å². The quantitative estimate of drug-likeness (QED) is 0.0891. The Morgan fingerprint density at radius 3 is 2.17 bits per heavy atom. The zero-order chi connectivity index (χ0) is 33.0. The van der Waals surface area contributed by atoms with E-state index >= 15 is 0 Å². The van der Waals surface area contributed by atoms with Crippen LogP contribution >= 0.6 is 27.7 Å². The van der Waals surface area contributed by atoms with Crippen LogP contribution in [0, 0.1) is 0 Å². The van der Waals surface area contributed by atoms with Crippen molar-refractivity contribution < 1.29 is 19.1 Å². The molecule has 3 amide bonds. The number of amides is 3. The molecule has 5 aromatic carbocycles. The first-order valence-electron chi connectivity index (χ1n) is 14.9. The largest absolute Gasteiger partial charge is 0.494 e. The van der Waals surface area contributed by atoms with E-state index in [0.29, 0.717) is 23.5 Å². The lowest BCUT2D eigenvalue weighted by molar-refractivity contribution is -0.116. The maximum atomic E-state index is 13.6. The molecule has 236 valence electrons. The van der Waals surface area contributed by atoms with Crippen LogP contribution in [-0.4, -0.2) is 24.3 Å². The van der Waals surface area contributed by atoms with Gasteiger partial charge in [-0.3, -0.25) is 14.4 Å². The lowest BCUT2D eigenvalue weighted by Gasteiger charge is -2.18. The average molecular weight is 707 g/mol. The minimum Gasteiger partial charge on any atom is -0.494 e. The summed E-state index contributed by atoms with van der Waals surface area (Å²) in [4.78, 5) is 41.0. The Bertz CT molecular complexity index is 1870. The van der Waals surface area contributed by atoms with Gasteiger partial charge in [-0.1, -0.05) is 82.7 Å². The molecule has 9 heteroatoms. The van der Waals surface area contributed by atoms with Crippen LogP contribution in [0.3, 0.4) is 0 Å². The summed E-state index contributed by atoms with van der Waals surface area (Å²) in [6, 6.07) is 40.1. The van der Waals surface area contributed by atoms with Crippen LogP contribution in [-0.2, 0) is 9.59 Å². The van der Waals surface area contributed by atoms with Gasteiger partial charge in [0.15, 0.2) is 0 Å². The second-order valence-electron chi connectivity index (χ2n) is 10.3. The number of anilines is 2. The van der Waals surface area contributed by atoms with Crippen LogP contribution in [0.5, 0.6) is 5.75 Å². The van der Waals surface area contributed by atoms with Crippen molar-refractivity contribution in [2.24, 2.45) is 0 Å². The Morgan fingerprint density at radius 2 is 1.47 bits per heavy atom. The number of hydrogen-bond donors (Lipinski definition) is 3. The van der Waals surface area contributed by atoms with Crippen LogP contribution in [0.25, 0.3) is 6.08 Å². The van der Waals surface area contributed by atoms with Crippen LogP contribution in [0.2, 0.25) is 0 Å². The maximum Gasteiger partial charge on any atom is 0.272 e.